The Balaban J connectivity index is 0.000000545. The summed E-state index contributed by atoms with van der Waals surface area (Å²) in [7, 11) is 33.1. The lowest BCUT2D eigenvalue weighted by molar-refractivity contribution is -0.139. The number of carbonyl (C=O) groups is 2. The largest absolute Gasteiger partial charge is 0.493 e. The molecule has 38 heteroatoms. The fourth-order valence-corrected chi connectivity index (χ4v) is 45.8. The van der Waals surface area contributed by atoms with Crippen molar-refractivity contribution in [2.45, 2.75) is 37.5 Å². The molecule has 432 valence electrons. The van der Waals surface area contributed by atoms with Gasteiger partial charge in [0.1, 0.15) is 5.75 Å². The van der Waals surface area contributed by atoms with E-state index in [0.717, 1.165) is 22.7 Å². The smallest absolute Gasteiger partial charge is 0.303 e. The molecule has 0 bridgehead atoms. The number of hydrogen-bond acceptors (Lipinski definition) is 15. The second kappa shape index (κ2) is 44.4. The van der Waals surface area contributed by atoms with Crippen LogP contribution in [-0.2, 0) is 208 Å². The zero-order valence-corrected chi connectivity index (χ0v) is 58.5. The Morgan fingerprint density at radius 1 is 0.551 bits per heavy atom. The number of thiophene rings is 2. The molecule has 0 atom stereocenters. The van der Waals surface area contributed by atoms with E-state index >= 15 is 0 Å². The van der Waals surface area contributed by atoms with Crippen LogP contribution in [0.2, 0.25) is 0 Å². The third kappa shape index (κ3) is 29.9. The summed E-state index contributed by atoms with van der Waals surface area (Å²) >= 11 is 18.7. The third-order valence-electron chi connectivity index (χ3n) is 8.41. The number of para-hydroxylation sites is 2. The zero-order chi connectivity index (χ0) is 56.9. The number of fused-ring (bicyclic) bond motifs is 2. The van der Waals surface area contributed by atoms with Gasteiger partial charge in [0.05, 0.1) is 44.6 Å². The number of ether oxygens (including phenoxy) is 4. The van der Waals surface area contributed by atoms with Crippen molar-refractivity contribution < 1.29 is 60.9 Å². The van der Waals surface area contributed by atoms with Gasteiger partial charge < -0.3 is 33.7 Å². The molecule has 1 amide bonds. The lowest BCUT2D eigenvalue weighted by Crippen LogP contribution is -2.28. The van der Waals surface area contributed by atoms with Gasteiger partial charge in [0, 0.05) is 228 Å². The quantitative estimate of drug-likeness (QED) is 0.0662. The van der Waals surface area contributed by atoms with Gasteiger partial charge in [-0.1, -0.05) is 36.4 Å². The number of alkyl halides is 4. The van der Waals surface area contributed by atoms with E-state index in [0.29, 0.717) is 54.7 Å². The fourth-order valence-electron chi connectivity index (χ4n) is 5.19. The van der Waals surface area contributed by atoms with E-state index in [1.165, 1.54) is 58.3 Å². The minimum absolute atomic E-state index is 0. The topological polar surface area (TPSA) is 148 Å². The van der Waals surface area contributed by atoms with Gasteiger partial charge in [-0.2, -0.15) is 11.4 Å². The molecule has 0 unspecified atom stereocenters. The van der Waals surface area contributed by atoms with E-state index in [1.54, 1.807) is 191 Å². The first-order chi connectivity index (χ1) is 37.1. The third-order valence-corrected chi connectivity index (χ3v) is 44.2. The van der Waals surface area contributed by atoms with Gasteiger partial charge in [0.2, 0.25) is 0 Å². The van der Waals surface area contributed by atoms with Crippen molar-refractivity contribution in [2.75, 3.05) is 28.4 Å². The van der Waals surface area contributed by atoms with Crippen LogP contribution in [0.4, 0.5) is 17.6 Å². The molecule has 0 aliphatic rings. The minimum atomic E-state index is -3.16. The number of halogens is 5. The number of carboxylic acids is 1. The van der Waals surface area contributed by atoms with Crippen molar-refractivity contribution in [1.82, 2.24) is 5.48 Å². The molecule has 0 saturated heterocycles. The Morgan fingerprint density at radius 2 is 0.885 bits per heavy atom. The van der Waals surface area contributed by atoms with E-state index in [4.69, 9.17) is 57.2 Å². The highest BCUT2D eigenvalue weighted by atomic mass is 35.5. The van der Waals surface area contributed by atoms with E-state index in [9.17, 15) is 27.2 Å². The average Bonchev–Trinajstić information content (AvgIpc) is 4.09. The molecule has 78 heavy (non-hydrogen) atoms. The second-order valence-electron chi connectivity index (χ2n) is 13.0. The number of benzene rings is 4. The summed E-state index contributed by atoms with van der Waals surface area (Å²) in [5, 5.41) is 9.78. The van der Waals surface area contributed by atoms with Gasteiger partial charge in [-0.05, 0) is 59.3 Å². The Hall–Kier alpha value is -1.09. The maximum absolute atomic E-state index is 14.6. The van der Waals surface area contributed by atoms with Gasteiger partial charge in [-0.3, -0.25) is 9.59 Å². The van der Waals surface area contributed by atoms with E-state index < -0.39 is 43.0 Å². The van der Waals surface area contributed by atoms with Crippen molar-refractivity contribution in [3.8, 4) is 34.5 Å². The molecule has 6 aromatic rings. The Morgan fingerprint density at radius 3 is 1.21 bits per heavy atom. The minimum Gasteiger partial charge on any atom is -0.493 e. The number of carbonyl (C=O) groups excluding carboxylic acids is 1. The molecule has 4 aromatic carbocycles. The number of aliphatic carboxylic acids is 1. The Bertz CT molecular complexity index is 3480. The SMILES string of the molecule is COc1cc2cc(C(F)(F)CCC(=O)NOc3ccccc3)sc2cc1OC.COc1cc2cc(C(F)(F)CCC(=O)O)sc2cc1OC.Cl.NOc1ccccc1.S=S.S=S=S=S=S=S=S=S=S=S=S=S=S=S=S=S=S=S. The van der Waals surface area contributed by atoms with Crippen LogP contribution in [0.1, 0.15) is 35.4 Å². The average molecular weight is 1510 g/mol. The first-order valence-electron chi connectivity index (χ1n) is 20.0. The van der Waals surface area contributed by atoms with Gasteiger partial charge in [0.25, 0.3) is 17.8 Å². The van der Waals surface area contributed by atoms with Crippen molar-refractivity contribution in [1.29, 1.82) is 0 Å². The summed E-state index contributed by atoms with van der Waals surface area (Å²) in [5.41, 5.74) is 2.18. The van der Waals surface area contributed by atoms with Crippen molar-refractivity contribution in [2.24, 2.45) is 5.90 Å². The summed E-state index contributed by atoms with van der Waals surface area (Å²) in [6.45, 7) is 0. The number of nitrogens with two attached hydrogens (primary N) is 1. The van der Waals surface area contributed by atoms with Crippen LogP contribution in [0.15, 0.2) is 97.1 Å². The van der Waals surface area contributed by atoms with Crippen LogP contribution in [-0.4, -0.2) is 45.4 Å². The number of amides is 1. The molecule has 0 aliphatic heterocycles. The normalized spacial score (nSPS) is 9.81. The van der Waals surface area contributed by atoms with Crippen LogP contribution < -0.4 is 40.0 Å². The first kappa shape index (κ1) is 74.9. The molecule has 0 saturated carbocycles. The van der Waals surface area contributed by atoms with Crippen LogP contribution >= 0.6 is 35.1 Å². The highest BCUT2D eigenvalue weighted by Crippen LogP contribution is 2.44. The fraction of sp³-hybridized carbons (Fsp3) is 0.250. The predicted molar refractivity (Wildman–Crippen MR) is 365 cm³/mol. The van der Waals surface area contributed by atoms with E-state index in [2.05, 4.69) is 32.7 Å². The highest BCUT2D eigenvalue weighted by Gasteiger charge is 2.35. The second-order valence-corrected chi connectivity index (χ2v) is 43.4. The number of nitrogens with one attached hydrogen (secondary N) is 1. The van der Waals surface area contributed by atoms with Crippen molar-refractivity contribution in [3.05, 3.63) is 107 Å². The van der Waals surface area contributed by atoms with Crippen molar-refractivity contribution in [3.63, 3.8) is 0 Å². The lowest BCUT2D eigenvalue weighted by atomic mass is 10.1. The summed E-state index contributed by atoms with van der Waals surface area (Å²) in [5.74, 6) is -0.325. The van der Waals surface area contributed by atoms with Crippen LogP contribution in [0.3, 0.4) is 0 Å². The predicted octanol–water partition coefficient (Wildman–Crippen LogP) is 10.1. The summed E-state index contributed by atoms with van der Waals surface area (Å²) in [6.07, 6.45) is -2.30. The Labute approximate surface area is 526 Å². The molecule has 6 rings (SSSR count). The summed E-state index contributed by atoms with van der Waals surface area (Å²) < 4.78 is 79.2. The Kier molecular flexibility index (Phi) is 42.7. The number of rotatable bonds is 15. The van der Waals surface area contributed by atoms with E-state index in [-0.39, 0.29) is 28.6 Å². The van der Waals surface area contributed by atoms with Crippen LogP contribution in [0, 0.1) is 0 Å². The zero-order valence-electron chi connectivity index (χ0n) is 39.8. The monoisotopic (exact) mass is 1510 g/mol. The van der Waals surface area contributed by atoms with Gasteiger partial charge >= 0.3 is 5.97 Å². The number of hydroxylamine groups is 1. The van der Waals surface area contributed by atoms with Gasteiger partial charge in [-0.15, -0.1) is 35.1 Å². The maximum atomic E-state index is 14.6. The van der Waals surface area contributed by atoms with Crippen molar-refractivity contribution >= 4 is 254 Å². The van der Waals surface area contributed by atoms with Gasteiger partial charge in [-0.25, -0.2) is 17.6 Å². The standard InChI is InChI=1S/C20H19F2NO4S.C14H14F2O4S.C6H7NO.ClH.S18.S2/c1-25-15-10-13-11-18(28-17(13)12-16(15)26-2)20(21,22)9-8-19(24)23-27-14-6-4-3-5-7-14;1-19-9-5-8-6-12(14(15,16)4-3-13(17)18)21-11(8)7-10(9)20-2;7-8-6-4-2-1-3-5-6;;1-3-5-7-9-11-13-15-17-18-16-14-12-10-8-6-4-2;1-2/h3-7,10-12H,8-9H2,1-2H3,(H,23,24);5-7H,3-4H2,1-2H3,(H,17,18);1-5H,7H2;1H;;. The highest BCUT2D eigenvalue weighted by molar-refractivity contribution is 8.77. The van der Waals surface area contributed by atoms with E-state index in [1.807, 2.05) is 18.2 Å². The molecule has 11 nitrogen and oxygen atoms in total. The molecular formula is C40H41ClF4N2O9S22. The molecule has 0 aliphatic carbocycles. The number of methoxy groups -OCH3 is 4. The molecule has 0 radical (unpaired) electrons. The molecule has 2 heterocycles. The molecular weight excluding hydrogens is 1470 g/mol. The molecule has 2 aromatic heterocycles. The molecule has 4 N–H and O–H groups in total. The number of carboxylic acid groups (broad SMARTS) is 1. The van der Waals surface area contributed by atoms with Gasteiger partial charge in [0.15, 0.2) is 28.7 Å². The molecule has 0 fully saturated rings. The maximum Gasteiger partial charge on any atom is 0.303 e. The lowest BCUT2D eigenvalue weighted by Gasteiger charge is -2.14. The molecule has 0 spiro atoms. The number of hydrogen-bond donors (Lipinski definition) is 3. The summed E-state index contributed by atoms with van der Waals surface area (Å²) in [6, 6.07) is 27.1. The van der Waals surface area contributed by atoms with Crippen LogP contribution in [0.5, 0.6) is 34.5 Å². The summed E-state index contributed by atoms with van der Waals surface area (Å²) in [4.78, 5) is 31.5. The first-order valence-corrected chi connectivity index (χ1v) is 45.6. The van der Waals surface area contributed by atoms with Crippen LogP contribution in [0.25, 0.3) is 20.2 Å².